The molecule has 2 aliphatic heterocycles. The third kappa shape index (κ3) is 4.09. The van der Waals surface area contributed by atoms with Crippen LogP contribution >= 0.6 is 0 Å². The predicted molar refractivity (Wildman–Crippen MR) is 101 cm³/mol. The van der Waals surface area contributed by atoms with Gasteiger partial charge in [-0.2, -0.15) is 0 Å². The number of amides is 3. The Balaban J connectivity index is 1.31. The van der Waals surface area contributed by atoms with Crippen LogP contribution in [0, 0.1) is 11.2 Å². The van der Waals surface area contributed by atoms with Gasteiger partial charge < -0.3 is 15.1 Å². The van der Waals surface area contributed by atoms with Crippen molar-refractivity contribution in [3.05, 3.63) is 35.6 Å². The van der Waals surface area contributed by atoms with Crippen molar-refractivity contribution >= 4 is 11.9 Å². The van der Waals surface area contributed by atoms with Crippen LogP contribution in [0.5, 0.6) is 0 Å². The molecule has 0 aromatic heterocycles. The Hall–Kier alpha value is -2.11. The molecule has 1 atom stereocenters. The van der Waals surface area contributed by atoms with Crippen molar-refractivity contribution in [3.8, 4) is 0 Å². The summed E-state index contributed by atoms with van der Waals surface area (Å²) in [6.07, 6.45) is 6.30. The van der Waals surface area contributed by atoms with Crippen LogP contribution in [0.15, 0.2) is 24.3 Å². The maximum atomic E-state index is 13.7. The van der Waals surface area contributed by atoms with Gasteiger partial charge in [-0.05, 0) is 50.2 Å². The zero-order valence-corrected chi connectivity index (χ0v) is 15.8. The highest BCUT2D eigenvalue weighted by Crippen LogP contribution is 2.42. The summed E-state index contributed by atoms with van der Waals surface area (Å²) >= 11 is 0. The number of carbonyl (C=O) groups is 2. The minimum Gasteiger partial charge on any atom is -0.339 e. The van der Waals surface area contributed by atoms with Crippen molar-refractivity contribution in [1.82, 2.24) is 15.1 Å². The Labute approximate surface area is 159 Å². The number of hydrogen-bond acceptors (Lipinski definition) is 2. The molecule has 1 aromatic rings. The highest BCUT2D eigenvalue weighted by molar-refractivity contribution is 5.78. The number of nitrogens with one attached hydrogen (secondary N) is 1. The predicted octanol–water partition coefficient (Wildman–Crippen LogP) is 2.94. The number of rotatable bonds is 4. The lowest BCUT2D eigenvalue weighted by atomic mass is 9.73. The van der Waals surface area contributed by atoms with E-state index in [9.17, 15) is 14.0 Å². The molecule has 2 saturated heterocycles. The van der Waals surface area contributed by atoms with Crippen LogP contribution in [-0.2, 0) is 11.2 Å². The molecule has 1 aliphatic carbocycles. The van der Waals surface area contributed by atoms with E-state index < -0.39 is 0 Å². The summed E-state index contributed by atoms with van der Waals surface area (Å²) in [6.45, 7) is 2.70. The van der Waals surface area contributed by atoms with Crippen molar-refractivity contribution in [2.24, 2.45) is 5.41 Å². The van der Waals surface area contributed by atoms with E-state index in [0.29, 0.717) is 31.0 Å². The molecule has 6 heteroatoms. The first kappa shape index (κ1) is 18.3. The van der Waals surface area contributed by atoms with E-state index in [-0.39, 0.29) is 23.2 Å². The molecule has 1 saturated carbocycles. The summed E-state index contributed by atoms with van der Waals surface area (Å²) in [5.41, 5.74) is 0.677. The minimum atomic E-state index is -0.226. The monoisotopic (exact) mass is 373 g/mol. The SMILES string of the molecule is O=C(NCCc1ccccc1F)N1CCC[C@]2(CCC(=O)N(C3CC3)C2)C1. The van der Waals surface area contributed by atoms with Crippen LogP contribution in [0.2, 0.25) is 0 Å². The van der Waals surface area contributed by atoms with Gasteiger partial charge in [-0.15, -0.1) is 0 Å². The van der Waals surface area contributed by atoms with E-state index in [1.807, 2.05) is 11.0 Å². The quantitative estimate of drug-likeness (QED) is 0.882. The Bertz CT molecular complexity index is 721. The van der Waals surface area contributed by atoms with Gasteiger partial charge in [-0.25, -0.2) is 9.18 Å². The number of nitrogens with zero attached hydrogens (tertiary/aromatic N) is 2. The van der Waals surface area contributed by atoms with Crippen LogP contribution in [0.3, 0.4) is 0 Å². The van der Waals surface area contributed by atoms with Gasteiger partial charge in [0.2, 0.25) is 5.91 Å². The Morgan fingerprint density at radius 3 is 2.81 bits per heavy atom. The average Bonchev–Trinajstić information content (AvgIpc) is 3.51. The number of hydrogen-bond donors (Lipinski definition) is 1. The lowest BCUT2D eigenvalue weighted by Crippen LogP contribution is -2.57. The molecule has 0 radical (unpaired) electrons. The van der Waals surface area contributed by atoms with Crippen LogP contribution < -0.4 is 5.32 Å². The van der Waals surface area contributed by atoms with Gasteiger partial charge in [0.05, 0.1) is 0 Å². The molecule has 3 aliphatic rings. The zero-order chi connectivity index (χ0) is 18.9. The van der Waals surface area contributed by atoms with Crippen LogP contribution in [0.1, 0.15) is 44.1 Å². The van der Waals surface area contributed by atoms with Gasteiger partial charge >= 0.3 is 6.03 Å². The fourth-order valence-electron chi connectivity index (χ4n) is 4.59. The van der Waals surface area contributed by atoms with Crippen LogP contribution in [0.4, 0.5) is 9.18 Å². The molecule has 1 N–H and O–H groups in total. The molecular weight excluding hydrogens is 345 g/mol. The summed E-state index contributed by atoms with van der Waals surface area (Å²) in [5.74, 6) is 0.0605. The lowest BCUT2D eigenvalue weighted by Gasteiger charge is -2.48. The molecule has 1 spiro atoms. The van der Waals surface area contributed by atoms with Crippen LogP contribution in [-0.4, -0.2) is 54.0 Å². The lowest BCUT2D eigenvalue weighted by molar-refractivity contribution is -0.139. The van der Waals surface area contributed by atoms with Crippen molar-refractivity contribution in [1.29, 1.82) is 0 Å². The highest BCUT2D eigenvalue weighted by atomic mass is 19.1. The van der Waals surface area contributed by atoms with E-state index >= 15 is 0 Å². The normalized spacial score (nSPS) is 25.7. The Morgan fingerprint density at radius 1 is 1.22 bits per heavy atom. The second-order valence-electron chi connectivity index (χ2n) is 8.35. The van der Waals surface area contributed by atoms with E-state index in [1.165, 1.54) is 6.07 Å². The first-order valence-electron chi connectivity index (χ1n) is 10.1. The molecule has 5 nitrogen and oxygen atoms in total. The zero-order valence-electron chi connectivity index (χ0n) is 15.8. The first-order chi connectivity index (χ1) is 13.1. The summed E-state index contributed by atoms with van der Waals surface area (Å²) in [5, 5.41) is 2.94. The molecule has 3 fully saturated rings. The smallest absolute Gasteiger partial charge is 0.317 e. The van der Waals surface area contributed by atoms with Gasteiger partial charge in [0.1, 0.15) is 5.82 Å². The summed E-state index contributed by atoms with van der Waals surface area (Å²) in [4.78, 5) is 28.8. The van der Waals surface area contributed by atoms with Crippen LogP contribution in [0.25, 0.3) is 0 Å². The molecule has 3 amide bonds. The maximum absolute atomic E-state index is 13.7. The summed E-state index contributed by atoms with van der Waals surface area (Å²) in [6, 6.07) is 7.05. The average molecular weight is 373 g/mol. The molecular formula is C21H28FN3O2. The standard InChI is InChI=1S/C21H28FN3O2/c22-18-5-2-1-4-16(18)9-12-23-20(27)24-13-3-10-21(14-24)11-8-19(26)25(15-21)17-6-7-17/h1-2,4-5,17H,3,6-15H2,(H,23,27)/t21-/m0/s1. The minimum absolute atomic E-state index is 0.0532. The van der Waals surface area contributed by atoms with Crippen molar-refractivity contribution < 1.29 is 14.0 Å². The topological polar surface area (TPSA) is 52.7 Å². The number of urea groups is 1. The van der Waals surface area contributed by atoms with Gasteiger partial charge in [-0.1, -0.05) is 18.2 Å². The highest BCUT2D eigenvalue weighted by Gasteiger charge is 2.46. The molecule has 4 rings (SSSR count). The van der Waals surface area contributed by atoms with Gasteiger partial charge in [-0.3, -0.25) is 4.79 Å². The largest absolute Gasteiger partial charge is 0.339 e. The molecule has 1 aromatic carbocycles. The fourth-order valence-corrected chi connectivity index (χ4v) is 4.59. The third-order valence-corrected chi connectivity index (χ3v) is 6.26. The number of benzene rings is 1. The van der Waals surface area contributed by atoms with Crippen molar-refractivity contribution in [2.75, 3.05) is 26.2 Å². The fraction of sp³-hybridized carbons (Fsp3) is 0.619. The summed E-state index contributed by atoms with van der Waals surface area (Å²) < 4.78 is 13.7. The van der Waals surface area contributed by atoms with Gasteiger partial charge in [0.25, 0.3) is 0 Å². The molecule has 0 unspecified atom stereocenters. The number of piperidine rings is 2. The third-order valence-electron chi connectivity index (χ3n) is 6.26. The number of likely N-dealkylation sites (tertiary alicyclic amines) is 2. The molecule has 2 heterocycles. The first-order valence-corrected chi connectivity index (χ1v) is 10.1. The number of halogens is 1. The van der Waals surface area contributed by atoms with E-state index in [0.717, 1.165) is 51.7 Å². The maximum Gasteiger partial charge on any atom is 0.317 e. The number of carbonyl (C=O) groups excluding carboxylic acids is 2. The Morgan fingerprint density at radius 2 is 2.04 bits per heavy atom. The molecule has 27 heavy (non-hydrogen) atoms. The second kappa shape index (κ2) is 7.49. The second-order valence-corrected chi connectivity index (χ2v) is 8.35. The van der Waals surface area contributed by atoms with E-state index in [2.05, 4.69) is 10.2 Å². The van der Waals surface area contributed by atoms with Crippen molar-refractivity contribution in [2.45, 2.75) is 51.0 Å². The molecule has 146 valence electrons. The molecule has 0 bridgehead atoms. The van der Waals surface area contributed by atoms with Gasteiger partial charge in [0, 0.05) is 44.1 Å². The summed E-state index contributed by atoms with van der Waals surface area (Å²) in [7, 11) is 0. The van der Waals surface area contributed by atoms with Gasteiger partial charge in [0.15, 0.2) is 0 Å². The van der Waals surface area contributed by atoms with Crippen molar-refractivity contribution in [3.63, 3.8) is 0 Å². The van der Waals surface area contributed by atoms with E-state index in [1.54, 1.807) is 12.1 Å². The Kier molecular flexibility index (Phi) is 5.06. The van der Waals surface area contributed by atoms with E-state index in [4.69, 9.17) is 0 Å².